The van der Waals surface area contributed by atoms with Crippen LogP contribution in [0.5, 0.6) is 0 Å². The highest BCUT2D eigenvalue weighted by atomic mass is 35.5. The minimum Gasteiger partial charge on any atom is -0.481 e. The molecule has 0 fully saturated rings. The molecule has 0 aliphatic carbocycles. The molecule has 0 radical (unpaired) electrons. The van der Waals surface area contributed by atoms with E-state index in [-0.39, 0.29) is 6.04 Å². The predicted octanol–water partition coefficient (Wildman–Crippen LogP) is 3.17. The summed E-state index contributed by atoms with van der Waals surface area (Å²) in [5, 5.41) is 12.6. The maximum absolute atomic E-state index is 10.8. The van der Waals surface area contributed by atoms with Gasteiger partial charge in [0.2, 0.25) is 0 Å². The number of carboxylic acid groups (broad SMARTS) is 1. The summed E-state index contributed by atoms with van der Waals surface area (Å²) in [5.74, 6) is -1.28. The number of halogens is 1. The summed E-state index contributed by atoms with van der Waals surface area (Å²) in [4.78, 5) is 10.8. The van der Waals surface area contributed by atoms with Gasteiger partial charge in [-0.1, -0.05) is 17.7 Å². The topological polar surface area (TPSA) is 49.3 Å². The molecule has 1 rings (SSSR count). The van der Waals surface area contributed by atoms with Crippen LogP contribution in [0.15, 0.2) is 18.2 Å². The van der Waals surface area contributed by atoms with E-state index in [1.165, 1.54) is 0 Å². The van der Waals surface area contributed by atoms with Gasteiger partial charge in [0.05, 0.1) is 16.6 Å². The second-order valence-corrected chi connectivity index (χ2v) is 4.45. The van der Waals surface area contributed by atoms with Crippen LogP contribution in [0.2, 0.25) is 5.02 Å². The second kappa shape index (κ2) is 5.21. The molecule has 0 heterocycles. The summed E-state index contributed by atoms with van der Waals surface area (Å²) in [6, 6.07) is 5.48. The number of carboxylic acids is 1. The van der Waals surface area contributed by atoms with E-state index >= 15 is 0 Å². The van der Waals surface area contributed by atoms with Gasteiger partial charge in [-0.3, -0.25) is 4.79 Å². The third-order valence-corrected chi connectivity index (χ3v) is 2.96. The van der Waals surface area contributed by atoms with E-state index in [1.54, 1.807) is 6.92 Å². The van der Waals surface area contributed by atoms with Gasteiger partial charge in [0, 0.05) is 6.04 Å². The van der Waals surface area contributed by atoms with Crippen LogP contribution in [0.1, 0.15) is 19.4 Å². The smallest absolute Gasteiger partial charge is 0.308 e. The quantitative estimate of drug-likeness (QED) is 0.851. The fourth-order valence-electron chi connectivity index (χ4n) is 1.32. The molecule has 0 saturated carbocycles. The van der Waals surface area contributed by atoms with Gasteiger partial charge in [-0.05, 0) is 38.5 Å². The molecular formula is C12H16ClNO2. The summed E-state index contributed by atoms with van der Waals surface area (Å²) < 4.78 is 0. The van der Waals surface area contributed by atoms with Gasteiger partial charge in [0.25, 0.3) is 0 Å². The first-order valence-corrected chi connectivity index (χ1v) is 5.55. The van der Waals surface area contributed by atoms with E-state index in [0.717, 1.165) is 11.3 Å². The van der Waals surface area contributed by atoms with Crippen LogP contribution >= 0.6 is 11.6 Å². The Bertz CT molecular complexity index is 393. The lowest BCUT2D eigenvalue weighted by atomic mass is 10.0. The third-order valence-electron chi connectivity index (χ3n) is 2.65. The molecule has 2 atom stereocenters. The lowest BCUT2D eigenvalue weighted by molar-refractivity contribution is -0.141. The zero-order chi connectivity index (χ0) is 12.3. The van der Waals surface area contributed by atoms with Gasteiger partial charge < -0.3 is 10.4 Å². The Labute approximate surface area is 100 Å². The Hall–Kier alpha value is -1.22. The first kappa shape index (κ1) is 12.8. The largest absolute Gasteiger partial charge is 0.481 e. The van der Waals surface area contributed by atoms with Gasteiger partial charge in [0.1, 0.15) is 0 Å². The SMILES string of the molecule is Cc1ccc(NC(C)C(C)C(=O)O)c(Cl)c1. The summed E-state index contributed by atoms with van der Waals surface area (Å²) in [6.07, 6.45) is 0. The first-order valence-electron chi connectivity index (χ1n) is 5.17. The molecule has 1 aromatic rings. The van der Waals surface area contributed by atoms with Crippen molar-refractivity contribution in [3.63, 3.8) is 0 Å². The molecule has 88 valence electrons. The van der Waals surface area contributed by atoms with Crippen LogP contribution in [-0.4, -0.2) is 17.1 Å². The average Bonchev–Trinajstić information content (AvgIpc) is 2.20. The third kappa shape index (κ3) is 3.14. The summed E-state index contributed by atoms with van der Waals surface area (Å²) >= 11 is 6.05. The molecule has 16 heavy (non-hydrogen) atoms. The summed E-state index contributed by atoms with van der Waals surface area (Å²) in [5.41, 5.74) is 1.85. The minimum atomic E-state index is -0.816. The monoisotopic (exact) mass is 241 g/mol. The zero-order valence-corrected chi connectivity index (χ0v) is 10.4. The highest BCUT2D eigenvalue weighted by Crippen LogP contribution is 2.24. The Morgan fingerprint density at radius 2 is 2.06 bits per heavy atom. The molecule has 0 aliphatic heterocycles. The number of benzene rings is 1. The van der Waals surface area contributed by atoms with Crippen molar-refractivity contribution in [3.8, 4) is 0 Å². The number of hydrogen-bond acceptors (Lipinski definition) is 2. The Morgan fingerprint density at radius 3 is 2.56 bits per heavy atom. The van der Waals surface area contributed by atoms with Crippen molar-refractivity contribution in [2.75, 3.05) is 5.32 Å². The number of rotatable bonds is 4. The molecule has 2 N–H and O–H groups in total. The van der Waals surface area contributed by atoms with E-state index in [2.05, 4.69) is 5.32 Å². The molecule has 0 amide bonds. The van der Waals surface area contributed by atoms with Gasteiger partial charge >= 0.3 is 5.97 Å². The second-order valence-electron chi connectivity index (χ2n) is 4.04. The summed E-state index contributed by atoms with van der Waals surface area (Å²) in [7, 11) is 0. The Kier molecular flexibility index (Phi) is 4.19. The van der Waals surface area contributed by atoms with E-state index < -0.39 is 11.9 Å². The number of aliphatic carboxylic acids is 1. The molecule has 3 nitrogen and oxygen atoms in total. The lowest BCUT2D eigenvalue weighted by Gasteiger charge is -2.19. The van der Waals surface area contributed by atoms with E-state index in [1.807, 2.05) is 32.0 Å². The van der Waals surface area contributed by atoms with E-state index in [4.69, 9.17) is 16.7 Å². The van der Waals surface area contributed by atoms with Gasteiger partial charge in [-0.25, -0.2) is 0 Å². The van der Waals surface area contributed by atoms with Crippen molar-refractivity contribution in [3.05, 3.63) is 28.8 Å². The minimum absolute atomic E-state index is 0.169. The maximum Gasteiger partial charge on any atom is 0.308 e. The molecule has 4 heteroatoms. The highest BCUT2D eigenvalue weighted by Gasteiger charge is 2.19. The van der Waals surface area contributed by atoms with Crippen molar-refractivity contribution < 1.29 is 9.90 Å². The van der Waals surface area contributed by atoms with Gasteiger partial charge in [-0.2, -0.15) is 0 Å². The summed E-state index contributed by atoms with van der Waals surface area (Å²) in [6.45, 7) is 5.45. The van der Waals surface area contributed by atoms with Crippen molar-refractivity contribution in [1.82, 2.24) is 0 Å². The van der Waals surface area contributed by atoms with Crippen LogP contribution in [0.25, 0.3) is 0 Å². The fourth-order valence-corrected chi connectivity index (χ4v) is 1.61. The van der Waals surface area contributed by atoms with Gasteiger partial charge in [-0.15, -0.1) is 0 Å². The van der Waals surface area contributed by atoms with Crippen LogP contribution in [0, 0.1) is 12.8 Å². The number of nitrogens with one attached hydrogen (secondary N) is 1. The van der Waals surface area contributed by atoms with Crippen LogP contribution < -0.4 is 5.32 Å². The van der Waals surface area contributed by atoms with Crippen molar-refractivity contribution in [2.24, 2.45) is 5.92 Å². The molecule has 0 spiro atoms. The molecule has 0 saturated heterocycles. The lowest BCUT2D eigenvalue weighted by Crippen LogP contribution is -2.29. The number of aryl methyl sites for hydroxylation is 1. The van der Waals surface area contributed by atoms with Crippen molar-refractivity contribution in [1.29, 1.82) is 0 Å². The Morgan fingerprint density at radius 1 is 1.44 bits per heavy atom. The first-order chi connectivity index (χ1) is 7.41. The molecule has 0 aliphatic rings. The highest BCUT2D eigenvalue weighted by molar-refractivity contribution is 6.33. The Balaban J connectivity index is 2.77. The van der Waals surface area contributed by atoms with Gasteiger partial charge in [0.15, 0.2) is 0 Å². The zero-order valence-electron chi connectivity index (χ0n) is 9.62. The molecule has 2 unspecified atom stereocenters. The number of hydrogen-bond donors (Lipinski definition) is 2. The molecule has 0 bridgehead atoms. The van der Waals surface area contributed by atoms with Crippen molar-refractivity contribution in [2.45, 2.75) is 26.8 Å². The predicted molar refractivity (Wildman–Crippen MR) is 66.1 cm³/mol. The maximum atomic E-state index is 10.8. The number of anilines is 1. The normalized spacial score (nSPS) is 14.2. The van der Waals surface area contributed by atoms with Crippen LogP contribution in [0.3, 0.4) is 0 Å². The fraction of sp³-hybridized carbons (Fsp3) is 0.417. The molecule has 0 aromatic heterocycles. The van der Waals surface area contributed by atoms with Crippen LogP contribution in [-0.2, 0) is 4.79 Å². The molecular weight excluding hydrogens is 226 g/mol. The standard InChI is InChI=1S/C12H16ClNO2/c1-7-4-5-11(10(13)6-7)14-9(3)8(2)12(15)16/h4-6,8-9,14H,1-3H3,(H,15,16). The van der Waals surface area contributed by atoms with E-state index in [9.17, 15) is 4.79 Å². The number of carbonyl (C=O) groups is 1. The molecule has 1 aromatic carbocycles. The average molecular weight is 242 g/mol. The van der Waals surface area contributed by atoms with Crippen molar-refractivity contribution >= 4 is 23.3 Å². The van der Waals surface area contributed by atoms with E-state index in [0.29, 0.717) is 5.02 Å². The van der Waals surface area contributed by atoms with Crippen LogP contribution in [0.4, 0.5) is 5.69 Å².